The molecule has 0 aromatic heterocycles. The molecule has 0 unspecified atom stereocenters. The molecule has 0 amide bonds. The Morgan fingerprint density at radius 3 is 1.57 bits per heavy atom. The SMILES string of the molecule is CCC[CH2][Sn]([CH2]CCC)([CH2]CCC)[c]1ccc(OC(C)C)cc1. The molecule has 0 aliphatic rings. The van der Waals surface area contributed by atoms with E-state index < -0.39 is 18.4 Å². The van der Waals surface area contributed by atoms with Crippen LogP contribution in [0, 0.1) is 0 Å². The Labute approximate surface area is 149 Å². The van der Waals surface area contributed by atoms with Gasteiger partial charge in [-0.3, -0.25) is 0 Å². The molecule has 0 spiro atoms. The van der Waals surface area contributed by atoms with Gasteiger partial charge in [0.2, 0.25) is 0 Å². The minimum absolute atomic E-state index is 0.259. The topological polar surface area (TPSA) is 9.23 Å². The van der Waals surface area contributed by atoms with E-state index in [9.17, 15) is 0 Å². The van der Waals surface area contributed by atoms with Gasteiger partial charge in [-0.05, 0) is 0 Å². The Hall–Kier alpha value is -0.181. The fourth-order valence-electron chi connectivity index (χ4n) is 3.51. The molecule has 0 saturated heterocycles. The van der Waals surface area contributed by atoms with E-state index in [0.717, 1.165) is 5.75 Å². The Kier molecular flexibility index (Phi) is 10.3. The van der Waals surface area contributed by atoms with Gasteiger partial charge in [-0.1, -0.05) is 0 Å². The van der Waals surface area contributed by atoms with Crippen LogP contribution in [-0.2, 0) is 0 Å². The van der Waals surface area contributed by atoms with Crippen LogP contribution in [0.1, 0.15) is 73.1 Å². The summed E-state index contributed by atoms with van der Waals surface area (Å²) in [7, 11) is 0. The summed E-state index contributed by atoms with van der Waals surface area (Å²) in [5, 5.41) is 0. The first kappa shape index (κ1) is 20.9. The molecule has 23 heavy (non-hydrogen) atoms. The van der Waals surface area contributed by atoms with E-state index >= 15 is 0 Å². The maximum atomic E-state index is 5.85. The molecular weight excluding hydrogens is 387 g/mol. The van der Waals surface area contributed by atoms with Crippen molar-refractivity contribution in [3.8, 4) is 5.75 Å². The second-order valence-corrected chi connectivity index (χ2v) is 20.5. The molecule has 1 aromatic carbocycles. The minimum atomic E-state index is -2.24. The summed E-state index contributed by atoms with van der Waals surface area (Å²) in [5.41, 5.74) is 0. The Bertz CT molecular complexity index is 389. The summed E-state index contributed by atoms with van der Waals surface area (Å²) < 4.78 is 12.2. The zero-order chi connectivity index (χ0) is 17.1. The van der Waals surface area contributed by atoms with Gasteiger partial charge in [-0.25, -0.2) is 0 Å². The van der Waals surface area contributed by atoms with Crippen molar-refractivity contribution in [1.29, 1.82) is 0 Å². The third-order valence-electron chi connectivity index (χ3n) is 4.87. The molecule has 0 N–H and O–H groups in total. The van der Waals surface area contributed by atoms with E-state index in [4.69, 9.17) is 4.74 Å². The van der Waals surface area contributed by atoms with Crippen LogP contribution in [-0.4, -0.2) is 24.5 Å². The van der Waals surface area contributed by atoms with Crippen molar-refractivity contribution in [2.24, 2.45) is 0 Å². The summed E-state index contributed by atoms with van der Waals surface area (Å²) in [6, 6.07) is 9.30. The predicted molar refractivity (Wildman–Crippen MR) is 107 cm³/mol. The summed E-state index contributed by atoms with van der Waals surface area (Å²) in [6.45, 7) is 11.2. The van der Waals surface area contributed by atoms with E-state index in [1.807, 2.05) is 0 Å². The van der Waals surface area contributed by atoms with Crippen molar-refractivity contribution in [1.82, 2.24) is 0 Å². The van der Waals surface area contributed by atoms with Crippen LogP contribution in [0.4, 0.5) is 0 Å². The molecular formula is C21H38OSn. The van der Waals surface area contributed by atoms with Crippen molar-refractivity contribution in [2.75, 3.05) is 0 Å². The van der Waals surface area contributed by atoms with Gasteiger partial charge in [-0.2, -0.15) is 0 Å². The van der Waals surface area contributed by atoms with Crippen LogP contribution < -0.4 is 8.32 Å². The molecule has 132 valence electrons. The summed E-state index contributed by atoms with van der Waals surface area (Å²) in [5.74, 6) is 1.03. The first-order chi connectivity index (χ1) is 11.1. The second kappa shape index (κ2) is 11.4. The van der Waals surface area contributed by atoms with Crippen molar-refractivity contribution in [3.63, 3.8) is 0 Å². The van der Waals surface area contributed by atoms with Gasteiger partial charge in [0.15, 0.2) is 0 Å². The molecule has 0 aliphatic carbocycles. The van der Waals surface area contributed by atoms with Gasteiger partial charge in [0, 0.05) is 0 Å². The first-order valence-corrected chi connectivity index (χ1v) is 17.3. The molecule has 0 bridgehead atoms. The molecule has 0 aliphatic heterocycles. The molecule has 1 aromatic rings. The van der Waals surface area contributed by atoms with Gasteiger partial charge in [0.25, 0.3) is 0 Å². The number of rotatable bonds is 12. The number of hydrogen-bond donors (Lipinski definition) is 0. The number of unbranched alkanes of at least 4 members (excludes halogenated alkanes) is 3. The summed E-state index contributed by atoms with van der Waals surface area (Å²) in [4.78, 5) is 0. The molecule has 2 heteroatoms. The fraction of sp³-hybridized carbons (Fsp3) is 0.714. The van der Waals surface area contributed by atoms with Crippen LogP contribution in [0.3, 0.4) is 0 Å². The average molecular weight is 425 g/mol. The monoisotopic (exact) mass is 426 g/mol. The molecule has 0 radical (unpaired) electrons. The Balaban J connectivity index is 3.02. The van der Waals surface area contributed by atoms with E-state index in [0.29, 0.717) is 0 Å². The zero-order valence-electron chi connectivity index (χ0n) is 16.2. The van der Waals surface area contributed by atoms with E-state index in [-0.39, 0.29) is 6.10 Å². The van der Waals surface area contributed by atoms with Crippen LogP contribution in [0.2, 0.25) is 13.3 Å². The molecule has 0 heterocycles. The third-order valence-corrected chi connectivity index (χ3v) is 20.5. The summed E-state index contributed by atoms with van der Waals surface area (Å²) in [6.07, 6.45) is 8.55. The van der Waals surface area contributed by atoms with Gasteiger partial charge < -0.3 is 0 Å². The van der Waals surface area contributed by atoms with Crippen LogP contribution in [0.5, 0.6) is 5.75 Å². The van der Waals surface area contributed by atoms with Crippen LogP contribution in [0.15, 0.2) is 24.3 Å². The average Bonchev–Trinajstić information content (AvgIpc) is 2.55. The Morgan fingerprint density at radius 1 is 0.783 bits per heavy atom. The zero-order valence-corrected chi connectivity index (χ0v) is 19.0. The number of ether oxygens (including phenoxy) is 1. The van der Waals surface area contributed by atoms with E-state index in [2.05, 4.69) is 58.9 Å². The Morgan fingerprint density at radius 2 is 1.22 bits per heavy atom. The van der Waals surface area contributed by atoms with Crippen molar-refractivity contribution < 1.29 is 4.74 Å². The maximum absolute atomic E-state index is 5.85. The quantitative estimate of drug-likeness (QED) is 0.346. The van der Waals surface area contributed by atoms with Crippen molar-refractivity contribution >= 4 is 22.0 Å². The summed E-state index contributed by atoms with van der Waals surface area (Å²) >= 11 is -2.24. The van der Waals surface area contributed by atoms with Crippen LogP contribution >= 0.6 is 0 Å². The van der Waals surface area contributed by atoms with Gasteiger partial charge >= 0.3 is 149 Å². The number of benzene rings is 1. The molecule has 0 atom stereocenters. The predicted octanol–water partition coefficient (Wildman–Crippen LogP) is 6.53. The molecule has 0 fully saturated rings. The first-order valence-electron chi connectivity index (χ1n) is 9.85. The molecule has 1 rings (SSSR count). The molecule has 0 saturated carbocycles. The van der Waals surface area contributed by atoms with E-state index in [1.54, 1.807) is 3.58 Å². The molecule has 1 nitrogen and oxygen atoms in total. The van der Waals surface area contributed by atoms with Gasteiger partial charge in [0.05, 0.1) is 0 Å². The second-order valence-electron chi connectivity index (χ2n) is 7.28. The normalized spacial score (nSPS) is 11.9. The van der Waals surface area contributed by atoms with Gasteiger partial charge in [0.1, 0.15) is 0 Å². The van der Waals surface area contributed by atoms with Crippen molar-refractivity contribution in [3.05, 3.63) is 24.3 Å². The van der Waals surface area contributed by atoms with E-state index in [1.165, 1.54) is 51.8 Å². The third kappa shape index (κ3) is 7.07. The fourth-order valence-corrected chi connectivity index (χ4v) is 19.4. The van der Waals surface area contributed by atoms with Crippen molar-refractivity contribution in [2.45, 2.75) is 92.6 Å². The standard InChI is InChI=1S/C9H11O.3C4H9.Sn/c1-8(2)10-9-6-4-3-5-7-9;3*1-3-4-2;/h4-8H,1-2H3;3*1,3-4H2,2H3;. The van der Waals surface area contributed by atoms with Gasteiger partial charge in [-0.15, -0.1) is 0 Å². The van der Waals surface area contributed by atoms with Crippen LogP contribution in [0.25, 0.3) is 0 Å². The number of hydrogen-bond acceptors (Lipinski definition) is 1.